The molecule has 4 N–H and O–H groups in total. The third-order valence-electron chi connectivity index (χ3n) is 6.48. The molecule has 1 aromatic rings. The van der Waals surface area contributed by atoms with Crippen molar-refractivity contribution in [3.8, 4) is 5.75 Å². The van der Waals surface area contributed by atoms with Crippen molar-refractivity contribution in [1.29, 1.82) is 0 Å². The smallest absolute Gasteiger partial charge is 0.321 e. The minimum atomic E-state index is -4.14. The Hall–Kier alpha value is -2.73. The van der Waals surface area contributed by atoms with Crippen molar-refractivity contribution in [2.45, 2.75) is 49.0 Å². The number of hydrogen-bond acceptors (Lipinski definition) is 7. The number of carbonyl (C=O) groups excluding carboxylic acids is 2. The highest BCUT2D eigenvalue weighted by Gasteiger charge is 2.51. The molecule has 1 aromatic carbocycles. The summed E-state index contributed by atoms with van der Waals surface area (Å²) in [4.78, 5) is 34.4. The van der Waals surface area contributed by atoms with Crippen LogP contribution in [0.2, 0.25) is 0 Å². The third-order valence-corrected chi connectivity index (χ3v) is 7.40. The zero-order chi connectivity index (χ0) is 22.4. The second kappa shape index (κ2) is 7.75. The maximum atomic E-state index is 12.4. The number of primary sulfonamides is 1. The summed E-state index contributed by atoms with van der Waals surface area (Å²) in [5, 5.41) is 21.4. The van der Waals surface area contributed by atoms with Gasteiger partial charge in [0, 0.05) is 11.6 Å². The van der Waals surface area contributed by atoms with Gasteiger partial charge in [-0.05, 0) is 68.4 Å². The molecule has 168 valence electrons. The van der Waals surface area contributed by atoms with E-state index in [4.69, 9.17) is 9.88 Å². The monoisotopic (exact) mass is 452 g/mol. The van der Waals surface area contributed by atoms with Crippen LogP contribution in [0, 0.1) is 27.9 Å². The third kappa shape index (κ3) is 4.64. The first-order chi connectivity index (χ1) is 14.5. The Kier molecular flexibility index (Phi) is 5.38. The van der Waals surface area contributed by atoms with Crippen molar-refractivity contribution in [3.63, 3.8) is 0 Å². The number of ether oxygens (including phenoxy) is 1. The molecule has 0 aromatic heterocycles. The summed E-state index contributed by atoms with van der Waals surface area (Å²) in [6.45, 7) is -0.649. The van der Waals surface area contributed by atoms with Crippen LogP contribution in [0.25, 0.3) is 0 Å². The normalized spacial score (nSPS) is 28.7. The maximum absolute atomic E-state index is 12.4. The van der Waals surface area contributed by atoms with E-state index < -0.39 is 44.1 Å². The Morgan fingerprint density at radius 2 is 1.74 bits per heavy atom. The first-order valence-corrected chi connectivity index (χ1v) is 11.6. The quantitative estimate of drug-likeness (QED) is 0.432. The molecule has 4 saturated carbocycles. The van der Waals surface area contributed by atoms with Gasteiger partial charge in [-0.1, -0.05) is 0 Å². The van der Waals surface area contributed by atoms with E-state index in [2.05, 4.69) is 10.6 Å². The highest BCUT2D eigenvalue weighted by Crippen LogP contribution is 2.55. The number of nitro groups is 1. The van der Waals surface area contributed by atoms with E-state index in [-0.39, 0.29) is 11.3 Å². The van der Waals surface area contributed by atoms with Gasteiger partial charge in [-0.15, -0.1) is 0 Å². The Morgan fingerprint density at radius 1 is 1.16 bits per heavy atom. The number of carbonyl (C=O) groups is 2. The van der Waals surface area contributed by atoms with Gasteiger partial charge in [-0.3, -0.25) is 20.2 Å². The van der Waals surface area contributed by atoms with E-state index in [0.29, 0.717) is 17.8 Å². The number of urea groups is 1. The molecule has 0 saturated heterocycles. The van der Waals surface area contributed by atoms with E-state index in [9.17, 15) is 28.1 Å². The van der Waals surface area contributed by atoms with Gasteiger partial charge in [0.25, 0.3) is 5.91 Å². The van der Waals surface area contributed by atoms with Crippen molar-refractivity contribution in [2.24, 2.45) is 22.9 Å². The van der Waals surface area contributed by atoms with E-state index in [1.165, 1.54) is 19.3 Å². The summed E-state index contributed by atoms with van der Waals surface area (Å²) in [5.41, 5.74) is -0.917. The van der Waals surface area contributed by atoms with E-state index in [0.717, 1.165) is 37.5 Å². The van der Waals surface area contributed by atoms with Gasteiger partial charge in [0.1, 0.15) is 0 Å². The van der Waals surface area contributed by atoms with Gasteiger partial charge in [-0.2, -0.15) is 0 Å². The molecule has 3 amide bonds. The number of nitro benzene ring substituents is 1. The molecule has 4 bridgehead atoms. The van der Waals surface area contributed by atoms with Crippen molar-refractivity contribution >= 4 is 27.6 Å². The molecule has 5 rings (SSSR count). The van der Waals surface area contributed by atoms with Crippen LogP contribution in [0.5, 0.6) is 5.75 Å². The number of imide groups is 1. The maximum Gasteiger partial charge on any atom is 0.321 e. The van der Waals surface area contributed by atoms with Gasteiger partial charge >= 0.3 is 11.7 Å². The molecule has 4 fully saturated rings. The van der Waals surface area contributed by atoms with E-state index in [1.807, 2.05) is 0 Å². The van der Waals surface area contributed by atoms with Crippen LogP contribution >= 0.6 is 0 Å². The Balaban J connectivity index is 1.34. The standard InChI is InChI=1S/C19H24N4O7S/c20-31(28,29)14-1-2-16(15(6-14)23(26)27)30-10-17(24)21-18(25)22-19-7-11-3-12(8-19)5-13(4-11)9-19/h1-2,6,11-13H,3-5,7-10H2,(H2,20,28,29)(H2,21,22,24,25). The van der Waals surface area contributed by atoms with Crippen LogP contribution in [-0.4, -0.2) is 37.4 Å². The lowest BCUT2D eigenvalue weighted by Crippen LogP contribution is -2.62. The van der Waals surface area contributed by atoms with E-state index >= 15 is 0 Å². The molecule has 0 atom stereocenters. The Labute approximate surface area is 178 Å². The van der Waals surface area contributed by atoms with Crippen molar-refractivity contribution in [2.75, 3.05) is 6.61 Å². The number of nitrogens with one attached hydrogen (secondary N) is 2. The molecule has 31 heavy (non-hydrogen) atoms. The fraction of sp³-hybridized carbons (Fsp3) is 0.579. The van der Waals surface area contributed by atoms with Crippen LogP contribution < -0.4 is 20.5 Å². The minimum absolute atomic E-state index is 0.262. The first-order valence-electron chi connectivity index (χ1n) is 10.1. The fourth-order valence-corrected chi connectivity index (χ4v) is 6.31. The van der Waals surface area contributed by atoms with Crippen LogP contribution in [0.4, 0.5) is 10.5 Å². The topological polar surface area (TPSA) is 171 Å². The molecular formula is C19H24N4O7S. The van der Waals surface area contributed by atoms with Crippen molar-refractivity contribution in [1.82, 2.24) is 10.6 Å². The molecule has 4 aliphatic rings. The first kappa shape index (κ1) is 21.5. The van der Waals surface area contributed by atoms with Crippen LogP contribution in [0.15, 0.2) is 23.1 Å². The number of sulfonamides is 1. The summed E-state index contributed by atoms with van der Waals surface area (Å²) in [7, 11) is -4.14. The SMILES string of the molecule is NS(=O)(=O)c1ccc(OCC(=O)NC(=O)NC23CC4CC(CC(C4)C2)C3)c([N+](=O)[O-])c1. The summed E-state index contributed by atoms with van der Waals surface area (Å²) >= 11 is 0. The van der Waals surface area contributed by atoms with Gasteiger partial charge in [-0.25, -0.2) is 18.4 Å². The summed E-state index contributed by atoms with van der Waals surface area (Å²) < 4.78 is 27.9. The predicted molar refractivity (Wildman–Crippen MR) is 108 cm³/mol. The number of rotatable bonds is 6. The van der Waals surface area contributed by atoms with Crippen molar-refractivity contribution in [3.05, 3.63) is 28.3 Å². The average molecular weight is 452 g/mol. The predicted octanol–water partition coefficient (Wildman–Crippen LogP) is 1.42. The summed E-state index contributed by atoms with van der Waals surface area (Å²) in [6, 6.07) is 2.23. The van der Waals surface area contributed by atoms with Gasteiger partial charge < -0.3 is 10.1 Å². The highest BCUT2D eigenvalue weighted by atomic mass is 32.2. The average Bonchev–Trinajstić information content (AvgIpc) is 2.63. The second-order valence-electron chi connectivity index (χ2n) is 8.92. The molecule has 11 nitrogen and oxygen atoms in total. The fourth-order valence-electron chi connectivity index (χ4n) is 5.78. The molecule has 0 heterocycles. The lowest BCUT2D eigenvalue weighted by molar-refractivity contribution is -0.386. The molecule has 12 heteroatoms. The summed E-state index contributed by atoms with van der Waals surface area (Å²) in [6.07, 6.45) is 6.45. The second-order valence-corrected chi connectivity index (χ2v) is 10.5. The zero-order valence-electron chi connectivity index (χ0n) is 16.7. The van der Waals surface area contributed by atoms with Crippen LogP contribution in [0.1, 0.15) is 38.5 Å². The lowest BCUT2D eigenvalue weighted by Gasteiger charge is -2.56. The zero-order valence-corrected chi connectivity index (χ0v) is 17.5. The van der Waals surface area contributed by atoms with Gasteiger partial charge in [0.15, 0.2) is 12.4 Å². The summed E-state index contributed by atoms with van der Waals surface area (Å²) in [5.74, 6) is 0.811. The van der Waals surface area contributed by atoms with Crippen molar-refractivity contribution < 1.29 is 27.7 Å². The molecule has 0 unspecified atom stereocenters. The number of nitrogens with two attached hydrogens (primary N) is 1. The molecule has 0 radical (unpaired) electrons. The number of nitrogens with zero attached hydrogens (tertiary/aromatic N) is 1. The molecule has 0 aliphatic heterocycles. The largest absolute Gasteiger partial charge is 0.477 e. The minimum Gasteiger partial charge on any atom is -0.477 e. The number of amides is 3. The Bertz CT molecular complexity index is 1000. The molecular weight excluding hydrogens is 428 g/mol. The van der Waals surface area contributed by atoms with Crippen LogP contribution in [-0.2, 0) is 14.8 Å². The molecule has 4 aliphatic carbocycles. The number of hydrogen-bond donors (Lipinski definition) is 3. The van der Waals surface area contributed by atoms with E-state index in [1.54, 1.807) is 0 Å². The highest BCUT2D eigenvalue weighted by molar-refractivity contribution is 7.89. The van der Waals surface area contributed by atoms with Gasteiger partial charge in [0.05, 0.1) is 9.82 Å². The number of benzene rings is 1. The lowest BCUT2D eigenvalue weighted by atomic mass is 9.53. The van der Waals surface area contributed by atoms with Crippen LogP contribution in [0.3, 0.4) is 0 Å². The van der Waals surface area contributed by atoms with Gasteiger partial charge in [0.2, 0.25) is 10.0 Å². The Morgan fingerprint density at radius 3 is 2.26 bits per heavy atom. The molecule has 0 spiro atoms.